The molecule has 0 radical (unpaired) electrons. The van der Waals surface area contributed by atoms with E-state index < -0.39 is 0 Å². The average molecular weight is 297 g/mol. The molecule has 0 fully saturated rings. The fraction of sp³-hybridized carbons (Fsp3) is 0.294. The van der Waals surface area contributed by atoms with Gasteiger partial charge in [-0.25, -0.2) is 4.98 Å². The summed E-state index contributed by atoms with van der Waals surface area (Å²) >= 11 is 0. The average Bonchev–Trinajstić information content (AvgIpc) is 3.04. The molecule has 0 saturated carbocycles. The van der Waals surface area contributed by atoms with Crippen LogP contribution in [0.25, 0.3) is 11.6 Å². The van der Waals surface area contributed by atoms with Crippen molar-refractivity contribution in [3.05, 3.63) is 41.5 Å². The van der Waals surface area contributed by atoms with Crippen molar-refractivity contribution in [1.29, 1.82) is 0 Å². The van der Waals surface area contributed by atoms with Crippen LogP contribution in [0.2, 0.25) is 0 Å². The maximum atomic E-state index is 12.2. The maximum Gasteiger partial charge on any atom is 0.256 e. The van der Waals surface area contributed by atoms with E-state index in [2.05, 4.69) is 15.3 Å². The number of rotatable bonds is 4. The Hall–Kier alpha value is -2.56. The number of fused-ring (bicyclic) bond motifs is 1. The smallest absolute Gasteiger partial charge is 0.256 e. The fourth-order valence-corrected chi connectivity index (χ4v) is 2.44. The molecule has 2 heterocycles. The third-order valence-corrected chi connectivity index (χ3v) is 3.43. The van der Waals surface area contributed by atoms with Crippen LogP contribution in [-0.4, -0.2) is 22.0 Å². The summed E-state index contributed by atoms with van der Waals surface area (Å²) in [6.45, 7) is 5.98. The largest absolute Gasteiger partial charge is 0.491 e. The first-order valence-corrected chi connectivity index (χ1v) is 7.45. The molecule has 1 aliphatic heterocycles. The lowest BCUT2D eigenvalue weighted by Crippen LogP contribution is -2.05. The van der Waals surface area contributed by atoms with Crippen LogP contribution in [0.1, 0.15) is 37.9 Å². The number of carbonyl (C=O) groups excluding carboxylic acids is 1. The highest BCUT2D eigenvalue weighted by Gasteiger charge is 2.25. The zero-order chi connectivity index (χ0) is 15.7. The number of amides is 1. The first kappa shape index (κ1) is 14.4. The van der Waals surface area contributed by atoms with E-state index in [0.29, 0.717) is 5.57 Å². The number of anilines is 1. The first-order valence-electron chi connectivity index (χ1n) is 7.45. The molecule has 0 saturated heterocycles. The predicted octanol–water partition coefficient (Wildman–Crippen LogP) is 3.25. The highest BCUT2D eigenvalue weighted by atomic mass is 16.5. The van der Waals surface area contributed by atoms with E-state index in [9.17, 15) is 4.79 Å². The molecule has 0 aliphatic carbocycles. The zero-order valence-corrected chi connectivity index (χ0v) is 12.9. The van der Waals surface area contributed by atoms with Crippen molar-refractivity contribution >= 4 is 23.2 Å². The van der Waals surface area contributed by atoms with Gasteiger partial charge in [0.15, 0.2) is 0 Å². The van der Waals surface area contributed by atoms with Gasteiger partial charge in [-0.3, -0.25) is 4.79 Å². The summed E-state index contributed by atoms with van der Waals surface area (Å²) in [5.74, 6) is 1.56. The number of nitrogens with one attached hydrogen (secondary N) is 2. The Kier molecular flexibility index (Phi) is 3.71. The van der Waals surface area contributed by atoms with E-state index in [-0.39, 0.29) is 12.0 Å². The molecule has 0 spiro atoms. The van der Waals surface area contributed by atoms with Crippen LogP contribution in [0, 0.1) is 0 Å². The molecule has 2 N–H and O–H groups in total. The monoisotopic (exact) mass is 297 g/mol. The van der Waals surface area contributed by atoms with Crippen molar-refractivity contribution in [1.82, 2.24) is 9.97 Å². The number of hydrogen-bond acceptors (Lipinski definition) is 3. The van der Waals surface area contributed by atoms with Gasteiger partial charge in [0.1, 0.15) is 11.6 Å². The lowest BCUT2D eigenvalue weighted by atomic mass is 10.1. The van der Waals surface area contributed by atoms with Gasteiger partial charge in [0.2, 0.25) is 0 Å². The van der Waals surface area contributed by atoms with Gasteiger partial charge >= 0.3 is 0 Å². The predicted molar refractivity (Wildman–Crippen MR) is 86.7 cm³/mol. The van der Waals surface area contributed by atoms with Crippen LogP contribution in [0.4, 0.5) is 5.69 Å². The van der Waals surface area contributed by atoms with Crippen molar-refractivity contribution in [2.24, 2.45) is 0 Å². The standard InChI is InChI=1S/C17H19N3O2/c1-4-16-18-9-11(19-16)7-14-13-8-12(22-10(2)3)5-6-15(13)20-17(14)21/h5-10H,4H2,1-3H3,(H,18,19)(H,20,21). The molecule has 5 heteroatoms. The van der Waals surface area contributed by atoms with E-state index in [0.717, 1.165) is 34.9 Å². The summed E-state index contributed by atoms with van der Waals surface area (Å²) in [6.07, 6.45) is 4.49. The molecular formula is C17H19N3O2. The molecule has 114 valence electrons. The normalized spacial score (nSPS) is 15.3. The third kappa shape index (κ3) is 2.74. The Morgan fingerprint density at radius 3 is 2.86 bits per heavy atom. The third-order valence-electron chi connectivity index (χ3n) is 3.43. The number of ether oxygens (including phenoxy) is 1. The van der Waals surface area contributed by atoms with Crippen molar-refractivity contribution in [2.45, 2.75) is 33.3 Å². The molecule has 1 aliphatic rings. The Morgan fingerprint density at radius 2 is 2.18 bits per heavy atom. The lowest BCUT2D eigenvalue weighted by molar-refractivity contribution is -0.110. The lowest BCUT2D eigenvalue weighted by Gasteiger charge is -2.10. The van der Waals surface area contributed by atoms with E-state index in [1.54, 1.807) is 6.20 Å². The van der Waals surface area contributed by atoms with Gasteiger partial charge in [0.25, 0.3) is 5.91 Å². The Morgan fingerprint density at radius 1 is 1.36 bits per heavy atom. The van der Waals surface area contributed by atoms with Crippen LogP contribution >= 0.6 is 0 Å². The second-order valence-electron chi connectivity index (χ2n) is 5.52. The minimum atomic E-state index is -0.107. The quantitative estimate of drug-likeness (QED) is 0.851. The highest BCUT2D eigenvalue weighted by Crippen LogP contribution is 2.35. The summed E-state index contributed by atoms with van der Waals surface area (Å²) in [4.78, 5) is 19.6. The molecule has 5 nitrogen and oxygen atoms in total. The van der Waals surface area contributed by atoms with Crippen LogP contribution in [0.3, 0.4) is 0 Å². The van der Waals surface area contributed by atoms with Crippen LogP contribution in [0.5, 0.6) is 5.75 Å². The highest BCUT2D eigenvalue weighted by molar-refractivity contribution is 6.34. The molecule has 0 bridgehead atoms. The molecule has 22 heavy (non-hydrogen) atoms. The van der Waals surface area contributed by atoms with Gasteiger partial charge in [-0.05, 0) is 38.1 Å². The van der Waals surface area contributed by atoms with Gasteiger partial charge in [0, 0.05) is 17.7 Å². The number of aromatic amines is 1. The number of nitrogens with zero attached hydrogens (tertiary/aromatic N) is 1. The Bertz CT molecular complexity index is 744. The number of carbonyl (C=O) groups is 1. The minimum absolute atomic E-state index is 0.0928. The summed E-state index contributed by atoms with van der Waals surface area (Å²) in [7, 11) is 0. The van der Waals surface area contributed by atoms with E-state index in [1.165, 1.54) is 0 Å². The Labute approximate surface area is 129 Å². The van der Waals surface area contributed by atoms with Crippen LogP contribution in [0.15, 0.2) is 24.4 Å². The van der Waals surface area contributed by atoms with Crippen LogP contribution in [-0.2, 0) is 11.2 Å². The number of benzene rings is 1. The second-order valence-corrected chi connectivity index (χ2v) is 5.52. The van der Waals surface area contributed by atoms with E-state index in [4.69, 9.17) is 4.74 Å². The zero-order valence-electron chi connectivity index (χ0n) is 12.9. The number of aromatic nitrogens is 2. The fourth-order valence-electron chi connectivity index (χ4n) is 2.44. The molecule has 0 atom stereocenters. The van der Waals surface area contributed by atoms with Gasteiger partial charge in [-0.2, -0.15) is 0 Å². The van der Waals surface area contributed by atoms with Gasteiger partial charge in [-0.15, -0.1) is 0 Å². The molecular weight excluding hydrogens is 278 g/mol. The SMILES string of the molecule is CCc1ncc(C=C2C(=O)Nc3ccc(OC(C)C)cc32)[nH]1. The van der Waals surface area contributed by atoms with Gasteiger partial charge < -0.3 is 15.0 Å². The molecule has 1 aromatic carbocycles. The van der Waals surface area contributed by atoms with E-state index >= 15 is 0 Å². The van der Waals surface area contributed by atoms with Gasteiger partial charge in [0.05, 0.1) is 23.6 Å². The molecule has 1 aromatic heterocycles. The summed E-state index contributed by atoms with van der Waals surface area (Å²) < 4.78 is 5.71. The van der Waals surface area contributed by atoms with Gasteiger partial charge in [-0.1, -0.05) is 6.92 Å². The molecule has 0 unspecified atom stereocenters. The van der Waals surface area contributed by atoms with Crippen molar-refractivity contribution in [3.63, 3.8) is 0 Å². The topological polar surface area (TPSA) is 67.0 Å². The number of H-pyrrole nitrogens is 1. The number of hydrogen-bond donors (Lipinski definition) is 2. The second kappa shape index (κ2) is 5.67. The number of aryl methyl sites for hydroxylation is 1. The molecule has 1 amide bonds. The van der Waals surface area contributed by atoms with Crippen molar-refractivity contribution in [3.8, 4) is 5.75 Å². The first-order chi connectivity index (χ1) is 10.6. The maximum absolute atomic E-state index is 12.2. The molecule has 2 aromatic rings. The van der Waals surface area contributed by atoms with Crippen molar-refractivity contribution < 1.29 is 9.53 Å². The minimum Gasteiger partial charge on any atom is -0.491 e. The van der Waals surface area contributed by atoms with Crippen molar-refractivity contribution in [2.75, 3.05) is 5.32 Å². The molecule has 3 rings (SSSR count). The summed E-state index contributed by atoms with van der Waals surface area (Å²) in [5, 5.41) is 2.87. The van der Waals surface area contributed by atoms with Crippen LogP contribution < -0.4 is 10.1 Å². The summed E-state index contributed by atoms with van der Waals surface area (Å²) in [6, 6.07) is 5.64. The Balaban J connectivity index is 1.98. The summed E-state index contributed by atoms with van der Waals surface area (Å²) in [5.41, 5.74) is 3.11. The number of imidazole rings is 1. The van der Waals surface area contributed by atoms with E-state index in [1.807, 2.05) is 45.0 Å².